The van der Waals surface area contributed by atoms with Crippen molar-refractivity contribution in [3.63, 3.8) is 0 Å². The standard InChI is InChI=1S/C73H124O6/c1-4-7-10-13-16-19-22-25-28-31-34-36-37-38-40-42-45-48-51-54-57-60-63-66-72(75)78-69-70(68-77-71(74)65-62-59-56-53-50-47-44-41-33-30-27-24-21-18-15-12-9-6-3)79-73(76)67-64-61-58-55-52-49-46-43-39-35-32-29-26-23-20-17-14-11-8-5-2/h7,10,16,19,21,24-25,28,30,33-34,36,38,40,45,48,54,57,70H,4-6,8-9,11-15,17-18,20,22-23,26-27,29,31-32,35,37,39,41-44,46-47,49-53,55-56,58-69H2,1-3H3/b10-7-,19-16-,24-21-,28-25-,33-30-,36-34-,40-38-,48-45-,57-54-. The molecule has 0 aliphatic heterocycles. The molecule has 0 radical (unpaired) electrons. The maximum Gasteiger partial charge on any atom is 0.306 e. The number of carbonyl (C=O) groups excluding carboxylic acids is 3. The fourth-order valence-electron chi connectivity index (χ4n) is 9.29. The summed E-state index contributed by atoms with van der Waals surface area (Å²) in [5, 5.41) is 0. The summed E-state index contributed by atoms with van der Waals surface area (Å²) in [7, 11) is 0. The van der Waals surface area contributed by atoms with E-state index in [4.69, 9.17) is 14.2 Å². The maximum atomic E-state index is 12.9. The maximum absolute atomic E-state index is 12.9. The average Bonchev–Trinajstić information content (AvgIpc) is 3.45. The van der Waals surface area contributed by atoms with Crippen molar-refractivity contribution in [2.24, 2.45) is 0 Å². The molecule has 0 fully saturated rings. The number of rotatable bonds is 60. The molecule has 0 aromatic heterocycles. The third-order valence-electron chi connectivity index (χ3n) is 14.3. The molecule has 79 heavy (non-hydrogen) atoms. The Morgan fingerprint density at radius 2 is 0.506 bits per heavy atom. The first-order valence-corrected chi connectivity index (χ1v) is 33.4. The largest absolute Gasteiger partial charge is 0.462 e. The lowest BCUT2D eigenvalue weighted by atomic mass is 10.0. The second-order valence-corrected chi connectivity index (χ2v) is 22.0. The number of ether oxygens (including phenoxy) is 3. The molecule has 0 bridgehead atoms. The Morgan fingerprint density at radius 3 is 0.835 bits per heavy atom. The molecule has 0 saturated carbocycles. The predicted octanol–water partition coefficient (Wildman–Crippen LogP) is 23.0. The first-order valence-electron chi connectivity index (χ1n) is 33.4. The van der Waals surface area contributed by atoms with Crippen molar-refractivity contribution in [2.45, 2.75) is 322 Å². The van der Waals surface area contributed by atoms with Crippen molar-refractivity contribution >= 4 is 17.9 Å². The molecule has 0 aromatic carbocycles. The Hall–Kier alpha value is -3.93. The van der Waals surface area contributed by atoms with E-state index in [2.05, 4.69) is 130 Å². The molecule has 0 N–H and O–H groups in total. The molecule has 1 atom stereocenters. The predicted molar refractivity (Wildman–Crippen MR) is 343 cm³/mol. The lowest BCUT2D eigenvalue weighted by Crippen LogP contribution is -2.30. The number of hydrogen-bond acceptors (Lipinski definition) is 6. The Labute approximate surface area is 489 Å². The van der Waals surface area contributed by atoms with Crippen LogP contribution in [-0.2, 0) is 28.6 Å². The van der Waals surface area contributed by atoms with E-state index in [9.17, 15) is 14.4 Å². The zero-order chi connectivity index (χ0) is 57.1. The molecular formula is C73H124O6. The molecule has 1 unspecified atom stereocenters. The molecule has 0 aliphatic carbocycles. The van der Waals surface area contributed by atoms with Crippen LogP contribution in [-0.4, -0.2) is 37.2 Å². The van der Waals surface area contributed by atoms with E-state index in [1.165, 1.54) is 167 Å². The summed E-state index contributed by atoms with van der Waals surface area (Å²) in [4.78, 5) is 38.4. The van der Waals surface area contributed by atoms with Gasteiger partial charge < -0.3 is 14.2 Å². The summed E-state index contributed by atoms with van der Waals surface area (Å²) in [6.07, 6.45) is 91.0. The summed E-state index contributed by atoms with van der Waals surface area (Å²) >= 11 is 0. The van der Waals surface area contributed by atoms with Gasteiger partial charge in [-0.3, -0.25) is 14.4 Å². The third-order valence-corrected chi connectivity index (χ3v) is 14.3. The molecule has 0 saturated heterocycles. The van der Waals surface area contributed by atoms with E-state index in [0.29, 0.717) is 19.3 Å². The quantitative estimate of drug-likeness (QED) is 0.0261. The van der Waals surface area contributed by atoms with Crippen LogP contribution >= 0.6 is 0 Å². The van der Waals surface area contributed by atoms with Crippen LogP contribution in [0.3, 0.4) is 0 Å². The zero-order valence-corrected chi connectivity index (χ0v) is 51.9. The van der Waals surface area contributed by atoms with Crippen molar-refractivity contribution in [1.29, 1.82) is 0 Å². The van der Waals surface area contributed by atoms with E-state index in [1.54, 1.807) is 0 Å². The van der Waals surface area contributed by atoms with Gasteiger partial charge in [0, 0.05) is 19.3 Å². The van der Waals surface area contributed by atoms with Crippen LogP contribution in [0.2, 0.25) is 0 Å². The lowest BCUT2D eigenvalue weighted by Gasteiger charge is -2.18. The van der Waals surface area contributed by atoms with Crippen LogP contribution < -0.4 is 0 Å². The number of unbranched alkanes of at least 4 members (excludes halogenated alkanes) is 31. The summed E-state index contributed by atoms with van der Waals surface area (Å²) in [6, 6.07) is 0. The van der Waals surface area contributed by atoms with E-state index in [1.807, 2.05) is 0 Å². The van der Waals surface area contributed by atoms with Gasteiger partial charge >= 0.3 is 17.9 Å². The minimum atomic E-state index is -0.807. The molecule has 6 nitrogen and oxygen atoms in total. The monoisotopic (exact) mass is 1100 g/mol. The lowest BCUT2D eigenvalue weighted by molar-refractivity contribution is -0.167. The topological polar surface area (TPSA) is 78.9 Å². The van der Waals surface area contributed by atoms with Gasteiger partial charge in [0.2, 0.25) is 0 Å². The van der Waals surface area contributed by atoms with Crippen molar-refractivity contribution in [1.82, 2.24) is 0 Å². The molecule has 0 heterocycles. The van der Waals surface area contributed by atoms with Crippen molar-refractivity contribution in [3.8, 4) is 0 Å². The van der Waals surface area contributed by atoms with Gasteiger partial charge in [-0.1, -0.05) is 304 Å². The molecule has 0 aromatic rings. The second kappa shape index (κ2) is 66.6. The summed E-state index contributed by atoms with van der Waals surface area (Å²) in [6.45, 7) is 6.49. The van der Waals surface area contributed by atoms with Crippen molar-refractivity contribution in [2.75, 3.05) is 13.2 Å². The smallest absolute Gasteiger partial charge is 0.306 e. The number of hydrogen-bond donors (Lipinski definition) is 0. The first kappa shape index (κ1) is 75.1. The molecular weight excluding hydrogens is 973 g/mol. The molecule has 0 aliphatic rings. The highest BCUT2D eigenvalue weighted by atomic mass is 16.6. The highest BCUT2D eigenvalue weighted by Crippen LogP contribution is 2.17. The average molecular weight is 1100 g/mol. The highest BCUT2D eigenvalue weighted by Gasteiger charge is 2.19. The van der Waals surface area contributed by atoms with Gasteiger partial charge in [0.25, 0.3) is 0 Å². The Balaban J connectivity index is 4.48. The molecule has 0 spiro atoms. The van der Waals surface area contributed by atoms with Gasteiger partial charge in [0.1, 0.15) is 13.2 Å². The fraction of sp³-hybridized carbons (Fsp3) is 0.712. The van der Waals surface area contributed by atoms with E-state index in [0.717, 1.165) is 103 Å². The molecule has 0 amide bonds. The normalized spacial score (nSPS) is 12.8. The van der Waals surface area contributed by atoms with Gasteiger partial charge in [0.15, 0.2) is 6.10 Å². The van der Waals surface area contributed by atoms with Crippen LogP contribution in [0.5, 0.6) is 0 Å². The third kappa shape index (κ3) is 64.8. The second-order valence-electron chi connectivity index (χ2n) is 22.0. The summed E-state index contributed by atoms with van der Waals surface area (Å²) < 4.78 is 16.9. The molecule has 6 heteroatoms. The number of carbonyl (C=O) groups is 3. The minimum Gasteiger partial charge on any atom is -0.462 e. The Morgan fingerprint density at radius 1 is 0.266 bits per heavy atom. The van der Waals surface area contributed by atoms with Gasteiger partial charge in [0.05, 0.1) is 0 Å². The molecule has 452 valence electrons. The highest BCUT2D eigenvalue weighted by molar-refractivity contribution is 5.71. The van der Waals surface area contributed by atoms with Crippen LogP contribution in [0, 0.1) is 0 Å². The summed E-state index contributed by atoms with van der Waals surface area (Å²) in [5.74, 6) is -0.955. The van der Waals surface area contributed by atoms with Crippen LogP contribution in [0.15, 0.2) is 109 Å². The minimum absolute atomic E-state index is 0.0990. The van der Waals surface area contributed by atoms with E-state index >= 15 is 0 Å². The van der Waals surface area contributed by atoms with E-state index in [-0.39, 0.29) is 37.5 Å². The van der Waals surface area contributed by atoms with Gasteiger partial charge in [-0.25, -0.2) is 0 Å². The fourth-order valence-corrected chi connectivity index (χ4v) is 9.29. The zero-order valence-electron chi connectivity index (χ0n) is 51.9. The Bertz CT molecular complexity index is 1590. The van der Waals surface area contributed by atoms with E-state index < -0.39 is 6.10 Å². The SMILES string of the molecule is CC/C=C\C/C=C\C/C=C\C/C=C\C/C=C\C/C=C\C/C=C\CCCC(=O)OCC(COC(=O)CCCCCCCCC/C=C\C/C=C\CCCCCC)OC(=O)CCCCCCCCCCCCCCCCCCCCCC. The van der Waals surface area contributed by atoms with Gasteiger partial charge in [-0.15, -0.1) is 0 Å². The van der Waals surface area contributed by atoms with Crippen molar-refractivity contribution < 1.29 is 28.6 Å². The van der Waals surface area contributed by atoms with Crippen molar-refractivity contribution in [3.05, 3.63) is 109 Å². The Kier molecular flexibility index (Phi) is 63.3. The number of esters is 3. The summed E-state index contributed by atoms with van der Waals surface area (Å²) in [5.41, 5.74) is 0. The van der Waals surface area contributed by atoms with Gasteiger partial charge in [-0.05, 0) is 103 Å². The van der Waals surface area contributed by atoms with Crippen LogP contribution in [0.1, 0.15) is 316 Å². The van der Waals surface area contributed by atoms with Gasteiger partial charge in [-0.2, -0.15) is 0 Å². The first-order chi connectivity index (χ1) is 39.0. The molecule has 0 rings (SSSR count). The van der Waals surface area contributed by atoms with Crippen LogP contribution in [0.4, 0.5) is 0 Å². The number of allylic oxidation sites excluding steroid dienone is 18. The van der Waals surface area contributed by atoms with Crippen LogP contribution in [0.25, 0.3) is 0 Å².